The van der Waals surface area contributed by atoms with E-state index in [0.29, 0.717) is 11.3 Å². The molecule has 0 radical (unpaired) electrons. The van der Waals surface area contributed by atoms with E-state index in [1.54, 1.807) is 0 Å². The molecule has 1 aromatic rings. The van der Waals surface area contributed by atoms with Crippen LogP contribution in [0.15, 0.2) is 18.2 Å². The molecule has 0 N–H and O–H groups in total. The molecule has 1 atom stereocenters. The highest BCUT2D eigenvalue weighted by atomic mass is 35.5. The van der Waals surface area contributed by atoms with Crippen LogP contribution in [0, 0.1) is 0 Å². The van der Waals surface area contributed by atoms with Crippen LogP contribution >= 0.6 is 11.6 Å². The SMILES string of the molecule is Clc1cccc(N2CCN(CCOC[C@@H]3CCCO3)CC2)n1. The molecule has 0 saturated carbocycles. The first-order chi connectivity index (χ1) is 10.8. The molecular formula is C16H24ClN3O2. The highest BCUT2D eigenvalue weighted by molar-refractivity contribution is 6.29. The fraction of sp³-hybridized carbons (Fsp3) is 0.688. The number of nitrogens with zero attached hydrogens (tertiary/aromatic N) is 3. The van der Waals surface area contributed by atoms with Crippen LogP contribution < -0.4 is 4.90 Å². The molecule has 1 aromatic heterocycles. The van der Waals surface area contributed by atoms with Gasteiger partial charge in [0.05, 0.1) is 19.3 Å². The van der Waals surface area contributed by atoms with Crippen molar-refractivity contribution < 1.29 is 9.47 Å². The Kier molecular flexibility index (Phi) is 5.89. The van der Waals surface area contributed by atoms with E-state index >= 15 is 0 Å². The molecule has 22 heavy (non-hydrogen) atoms. The van der Waals surface area contributed by atoms with Crippen LogP contribution in [0.3, 0.4) is 0 Å². The van der Waals surface area contributed by atoms with E-state index in [2.05, 4.69) is 14.8 Å². The molecule has 2 saturated heterocycles. The van der Waals surface area contributed by atoms with Crippen molar-refractivity contribution in [2.45, 2.75) is 18.9 Å². The molecule has 0 aromatic carbocycles. The lowest BCUT2D eigenvalue weighted by molar-refractivity contribution is 0.0101. The van der Waals surface area contributed by atoms with Crippen molar-refractivity contribution in [3.8, 4) is 0 Å². The second kappa shape index (κ2) is 8.11. The van der Waals surface area contributed by atoms with E-state index in [0.717, 1.165) is 64.8 Å². The molecule has 0 spiro atoms. The van der Waals surface area contributed by atoms with E-state index in [1.165, 1.54) is 6.42 Å². The van der Waals surface area contributed by atoms with Gasteiger partial charge < -0.3 is 14.4 Å². The molecule has 0 aliphatic carbocycles. The fourth-order valence-corrected chi connectivity index (χ4v) is 3.12. The summed E-state index contributed by atoms with van der Waals surface area (Å²) in [5.41, 5.74) is 0. The van der Waals surface area contributed by atoms with Crippen LogP contribution in [0.5, 0.6) is 0 Å². The molecule has 5 nitrogen and oxygen atoms in total. The summed E-state index contributed by atoms with van der Waals surface area (Å²) in [5.74, 6) is 0.974. The quantitative estimate of drug-likeness (QED) is 0.591. The van der Waals surface area contributed by atoms with Crippen molar-refractivity contribution >= 4 is 17.4 Å². The number of piperazine rings is 1. The number of halogens is 1. The molecule has 3 heterocycles. The Morgan fingerprint density at radius 1 is 1.27 bits per heavy atom. The summed E-state index contributed by atoms with van der Waals surface area (Å²) in [4.78, 5) is 9.10. The van der Waals surface area contributed by atoms with Gasteiger partial charge in [-0.25, -0.2) is 4.98 Å². The summed E-state index contributed by atoms with van der Waals surface area (Å²) < 4.78 is 11.3. The van der Waals surface area contributed by atoms with Crippen LogP contribution in [0.2, 0.25) is 5.15 Å². The van der Waals surface area contributed by atoms with Crippen molar-refractivity contribution in [2.75, 3.05) is 57.4 Å². The summed E-state index contributed by atoms with van der Waals surface area (Å²) in [7, 11) is 0. The first kappa shape index (κ1) is 16.0. The average Bonchev–Trinajstić information content (AvgIpc) is 3.06. The number of anilines is 1. The first-order valence-electron chi connectivity index (χ1n) is 8.10. The number of rotatable bonds is 6. The number of aromatic nitrogens is 1. The molecule has 0 bridgehead atoms. The third-order valence-corrected chi connectivity index (χ3v) is 4.49. The molecule has 6 heteroatoms. The summed E-state index contributed by atoms with van der Waals surface area (Å²) in [6, 6.07) is 5.79. The van der Waals surface area contributed by atoms with E-state index in [4.69, 9.17) is 21.1 Å². The number of pyridine rings is 1. The summed E-state index contributed by atoms with van der Waals surface area (Å²) in [6.07, 6.45) is 2.64. The van der Waals surface area contributed by atoms with Gasteiger partial charge in [0, 0.05) is 39.3 Å². The van der Waals surface area contributed by atoms with Gasteiger partial charge in [-0.05, 0) is 25.0 Å². The molecule has 122 valence electrons. The van der Waals surface area contributed by atoms with Crippen LogP contribution in [0.25, 0.3) is 0 Å². The smallest absolute Gasteiger partial charge is 0.131 e. The van der Waals surface area contributed by atoms with E-state index in [-0.39, 0.29) is 0 Å². The Labute approximate surface area is 137 Å². The third kappa shape index (κ3) is 4.56. The molecule has 0 unspecified atom stereocenters. The molecule has 0 amide bonds. The number of hydrogen-bond donors (Lipinski definition) is 0. The Balaban J connectivity index is 1.33. The summed E-state index contributed by atoms with van der Waals surface area (Å²) >= 11 is 5.96. The zero-order valence-corrected chi connectivity index (χ0v) is 13.7. The van der Waals surface area contributed by atoms with E-state index < -0.39 is 0 Å². The highest BCUT2D eigenvalue weighted by Gasteiger charge is 2.19. The Morgan fingerprint density at radius 3 is 2.86 bits per heavy atom. The van der Waals surface area contributed by atoms with Gasteiger partial charge in [0.15, 0.2) is 0 Å². The van der Waals surface area contributed by atoms with Crippen molar-refractivity contribution in [3.63, 3.8) is 0 Å². The second-order valence-corrected chi connectivity index (χ2v) is 6.24. The topological polar surface area (TPSA) is 37.8 Å². The minimum Gasteiger partial charge on any atom is -0.377 e. The lowest BCUT2D eigenvalue weighted by atomic mass is 10.2. The van der Waals surface area contributed by atoms with Gasteiger partial charge in [0.1, 0.15) is 11.0 Å². The molecule has 2 aliphatic heterocycles. The normalized spacial score (nSPS) is 23.1. The van der Waals surface area contributed by atoms with Crippen LogP contribution in [-0.2, 0) is 9.47 Å². The van der Waals surface area contributed by atoms with Gasteiger partial charge in [0.25, 0.3) is 0 Å². The lowest BCUT2D eigenvalue weighted by Crippen LogP contribution is -2.47. The third-order valence-electron chi connectivity index (χ3n) is 4.28. The van der Waals surface area contributed by atoms with E-state index in [1.807, 2.05) is 18.2 Å². The largest absolute Gasteiger partial charge is 0.377 e. The predicted molar refractivity (Wildman–Crippen MR) is 87.7 cm³/mol. The number of ether oxygens (including phenoxy) is 2. The van der Waals surface area contributed by atoms with Crippen molar-refractivity contribution in [1.29, 1.82) is 0 Å². The van der Waals surface area contributed by atoms with Gasteiger partial charge in [-0.1, -0.05) is 17.7 Å². The molecule has 2 aliphatic rings. The predicted octanol–water partition coefficient (Wildman–Crippen LogP) is 2.05. The van der Waals surface area contributed by atoms with Crippen molar-refractivity contribution in [3.05, 3.63) is 23.4 Å². The van der Waals surface area contributed by atoms with Crippen LogP contribution in [0.1, 0.15) is 12.8 Å². The highest BCUT2D eigenvalue weighted by Crippen LogP contribution is 2.16. The van der Waals surface area contributed by atoms with Crippen molar-refractivity contribution in [1.82, 2.24) is 9.88 Å². The van der Waals surface area contributed by atoms with E-state index in [9.17, 15) is 0 Å². The Hall–Kier alpha value is -0.880. The fourth-order valence-electron chi connectivity index (χ4n) is 2.96. The molecular weight excluding hydrogens is 302 g/mol. The summed E-state index contributed by atoms with van der Waals surface area (Å²) in [6.45, 7) is 7.46. The monoisotopic (exact) mass is 325 g/mol. The summed E-state index contributed by atoms with van der Waals surface area (Å²) in [5, 5.41) is 0.558. The first-order valence-corrected chi connectivity index (χ1v) is 8.48. The lowest BCUT2D eigenvalue weighted by Gasteiger charge is -2.35. The van der Waals surface area contributed by atoms with Crippen molar-refractivity contribution in [2.24, 2.45) is 0 Å². The van der Waals surface area contributed by atoms with Gasteiger partial charge in [0.2, 0.25) is 0 Å². The van der Waals surface area contributed by atoms with Gasteiger partial charge in [-0.15, -0.1) is 0 Å². The van der Waals surface area contributed by atoms with Gasteiger partial charge in [-0.3, -0.25) is 4.90 Å². The van der Waals surface area contributed by atoms with Crippen LogP contribution in [0.4, 0.5) is 5.82 Å². The average molecular weight is 326 g/mol. The maximum Gasteiger partial charge on any atom is 0.131 e. The minimum absolute atomic E-state index is 0.325. The number of hydrogen-bond acceptors (Lipinski definition) is 5. The standard InChI is InChI=1S/C16H24ClN3O2/c17-15-4-1-5-16(18-15)20-8-6-19(7-9-20)10-12-21-13-14-3-2-11-22-14/h1,4-5,14H,2-3,6-13H2/t14-/m0/s1. The minimum atomic E-state index is 0.325. The van der Waals surface area contributed by atoms with Gasteiger partial charge >= 0.3 is 0 Å². The maximum absolute atomic E-state index is 5.96. The molecule has 3 rings (SSSR count). The zero-order valence-electron chi connectivity index (χ0n) is 12.9. The van der Waals surface area contributed by atoms with Crippen LogP contribution in [-0.4, -0.2) is 68.5 Å². The second-order valence-electron chi connectivity index (χ2n) is 5.86. The Bertz CT molecular complexity index is 460. The van der Waals surface area contributed by atoms with Gasteiger partial charge in [-0.2, -0.15) is 0 Å². The molecule has 2 fully saturated rings. The zero-order chi connectivity index (χ0) is 15.2. The Morgan fingerprint density at radius 2 is 2.14 bits per heavy atom. The maximum atomic E-state index is 5.96.